The lowest BCUT2D eigenvalue weighted by molar-refractivity contribution is 0.409. The quantitative estimate of drug-likeness (QED) is 0.574. The summed E-state index contributed by atoms with van der Waals surface area (Å²) in [4.78, 5) is 2.12. The van der Waals surface area contributed by atoms with E-state index in [9.17, 15) is 4.57 Å². The number of hydrogen-bond acceptors (Lipinski definition) is 2. The van der Waals surface area contributed by atoms with Crippen LogP contribution in [0.25, 0.3) is 0 Å². The van der Waals surface area contributed by atoms with Crippen molar-refractivity contribution in [2.75, 3.05) is 33.0 Å². The number of nitrogens with zero attached hydrogens (tertiary/aromatic N) is 1. The zero-order valence-corrected chi connectivity index (χ0v) is 8.03. The summed E-state index contributed by atoms with van der Waals surface area (Å²) in [5.74, 6) is 0. The van der Waals surface area contributed by atoms with Crippen LogP contribution in [0.4, 0.5) is 0 Å². The molecule has 0 aliphatic rings. The van der Waals surface area contributed by atoms with Crippen molar-refractivity contribution in [3.63, 3.8) is 0 Å². The lowest BCUT2D eigenvalue weighted by Gasteiger charge is -2.04. The van der Waals surface area contributed by atoms with Crippen LogP contribution in [0.15, 0.2) is 0 Å². The van der Waals surface area contributed by atoms with Gasteiger partial charge in [-0.1, -0.05) is 4.57 Å². The Kier molecular flexibility index (Phi) is 5.85. The predicted octanol–water partition coefficient (Wildman–Crippen LogP) is 1.79. The standard InChI is InChI=1S/C7H17NOP/c1-4-10(9)7-5-6-8(2)3/h4-7H2,1-3H3/q+1. The summed E-state index contributed by atoms with van der Waals surface area (Å²) in [7, 11) is 3.20. The second-order valence-corrected chi connectivity index (χ2v) is 4.72. The van der Waals surface area contributed by atoms with Crippen LogP contribution in [0.3, 0.4) is 0 Å². The van der Waals surface area contributed by atoms with Crippen LogP contribution in [0, 0.1) is 0 Å². The minimum Gasteiger partial charge on any atom is -0.309 e. The van der Waals surface area contributed by atoms with Crippen molar-refractivity contribution in [1.29, 1.82) is 0 Å². The van der Waals surface area contributed by atoms with Crippen molar-refractivity contribution in [3.05, 3.63) is 0 Å². The Morgan fingerprint density at radius 3 is 2.40 bits per heavy atom. The Labute approximate surface area is 64.4 Å². The van der Waals surface area contributed by atoms with Gasteiger partial charge in [0.25, 0.3) is 0 Å². The molecule has 10 heavy (non-hydrogen) atoms. The van der Waals surface area contributed by atoms with E-state index in [1.807, 2.05) is 21.0 Å². The van der Waals surface area contributed by atoms with Crippen molar-refractivity contribution in [3.8, 4) is 0 Å². The molecule has 0 aromatic heterocycles. The molecule has 3 heteroatoms. The molecular formula is C7H17NOP+. The zero-order valence-electron chi connectivity index (χ0n) is 7.13. The van der Waals surface area contributed by atoms with Gasteiger partial charge in [-0.05, 0) is 21.0 Å². The van der Waals surface area contributed by atoms with Gasteiger partial charge in [0, 0.05) is 13.0 Å². The van der Waals surface area contributed by atoms with Gasteiger partial charge in [-0.2, -0.15) is 0 Å². The van der Waals surface area contributed by atoms with Crippen molar-refractivity contribution >= 4 is 7.80 Å². The summed E-state index contributed by atoms with van der Waals surface area (Å²) in [5, 5.41) is 0. The molecule has 0 spiro atoms. The Balaban J connectivity index is 3.12. The van der Waals surface area contributed by atoms with Crippen LogP contribution in [-0.2, 0) is 4.57 Å². The summed E-state index contributed by atoms with van der Waals surface area (Å²) in [6.07, 6.45) is 2.79. The van der Waals surface area contributed by atoms with Crippen LogP contribution in [0.2, 0.25) is 0 Å². The molecule has 1 atom stereocenters. The van der Waals surface area contributed by atoms with Crippen molar-refractivity contribution in [1.82, 2.24) is 4.90 Å². The van der Waals surface area contributed by atoms with Crippen LogP contribution >= 0.6 is 7.80 Å². The maximum Gasteiger partial charge on any atom is 0.338 e. The van der Waals surface area contributed by atoms with E-state index in [-0.39, 0.29) is 0 Å². The van der Waals surface area contributed by atoms with Gasteiger partial charge >= 0.3 is 7.80 Å². The average Bonchev–Trinajstić information content (AvgIpc) is 1.87. The molecule has 0 amide bonds. The molecule has 0 aliphatic carbocycles. The largest absolute Gasteiger partial charge is 0.338 e. The molecule has 0 saturated heterocycles. The average molecular weight is 162 g/mol. The lowest BCUT2D eigenvalue weighted by atomic mass is 10.5. The van der Waals surface area contributed by atoms with E-state index in [1.165, 1.54) is 0 Å². The fourth-order valence-corrected chi connectivity index (χ4v) is 1.53. The van der Waals surface area contributed by atoms with Crippen LogP contribution in [0.5, 0.6) is 0 Å². The van der Waals surface area contributed by atoms with E-state index >= 15 is 0 Å². The van der Waals surface area contributed by atoms with Crippen LogP contribution in [-0.4, -0.2) is 37.9 Å². The summed E-state index contributed by atoms with van der Waals surface area (Å²) < 4.78 is 10.9. The maximum atomic E-state index is 10.9. The molecule has 0 aromatic rings. The first kappa shape index (κ1) is 10.1. The topological polar surface area (TPSA) is 20.3 Å². The molecule has 0 heterocycles. The first-order chi connectivity index (χ1) is 4.66. The van der Waals surface area contributed by atoms with Crippen molar-refractivity contribution in [2.45, 2.75) is 13.3 Å². The fourth-order valence-electron chi connectivity index (χ4n) is 0.721. The lowest BCUT2D eigenvalue weighted by Crippen LogP contribution is -2.13. The molecule has 0 aromatic carbocycles. The zero-order chi connectivity index (χ0) is 7.98. The Morgan fingerprint density at radius 2 is 2.00 bits per heavy atom. The third-order valence-corrected chi connectivity index (χ3v) is 2.89. The predicted molar refractivity (Wildman–Crippen MR) is 46.2 cm³/mol. The van der Waals surface area contributed by atoms with Gasteiger partial charge in [-0.25, -0.2) is 0 Å². The van der Waals surface area contributed by atoms with Gasteiger partial charge in [0.1, 0.15) is 12.3 Å². The minimum atomic E-state index is -0.886. The molecule has 1 unspecified atom stereocenters. The van der Waals surface area contributed by atoms with Crippen LogP contribution in [0.1, 0.15) is 13.3 Å². The third kappa shape index (κ3) is 6.18. The highest BCUT2D eigenvalue weighted by atomic mass is 31.1. The van der Waals surface area contributed by atoms with Gasteiger partial charge in [-0.3, -0.25) is 0 Å². The first-order valence-electron chi connectivity index (χ1n) is 3.73. The second-order valence-electron chi connectivity index (χ2n) is 2.68. The van der Waals surface area contributed by atoms with Gasteiger partial charge < -0.3 is 4.90 Å². The Bertz CT molecular complexity index is 104. The van der Waals surface area contributed by atoms with Gasteiger partial charge in [0.05, 0.1) is 0 Å². The minimum absolute atomic E-state index is 0.836. The summed E-state index contributed by atoms with van der Waals surface area (Å²) in [5.41, 5.74) is 0. The van der Waals surface area contributed by atoms with E-state index in [4.69, 9.17) is 0 Å². The highest BCUT2D eigenvalue weighted by Crippen LogP contribution is 2.19. The third-order valence-electron chi connectivity index (χ3n) is 1.37. The highest BCUT2D eigenvalue weighted by Gasteiger charge is 2.09. The SMILES string of the molecule is CC[P+](=O)CCCN(C)C. The van der Waals surface area contributed by atoms with E-state index in [0.717, 1.165) is 25.3 Å². The first-order valence-corrected chi connectivity index (χ1v) is 5.36. The Hall–Kier alpha value is 0.0600. The molecular weight excluding hydrogens is 145 g/mol. The Morgan fingerprint density at radius 1 is 1.40 bits per heavy atom. The van der Waals surface area contributed by atoms with Crippen LogP contribution < -0.4 is 0 Å². The fraction of sp³-hybridized carbons (Fsp3) is 1.00. The molecule has 60 valence electrons. The van der Waals surface area contributed by atoms with Crippen molar-refractivity contribution in [2.24, 2.45) is 0 Å². The molecule has 0 radical (unpaired) electrons. The van der Waals surface area contributed by atoms with Crippen molar-refractivity contribution < 1.29 is 4.57 Å². The van der Waals surface area contributed by atoms with E-state index in [1.54, 1.807) is 0 Å². The van der Waals surface area contributed by atoms with Gasteiger partial charge in [0.2, 0.25) is 0 Å². The summed E-state index contributed by atoms with van der Waals surface area (Å²) in [6, 6.07) is 0. The van der Waals surface area contributed by atoms with E-state index < -0.39 is 7.80 Å². The van der Waals surface area contributed by atoms with E-state index in [0.29, 0.717) is 0 Å². The monoisotopic (exact) mass is 162 g/mol. The molecule has 0 bridgehead atoms. The van der Waals surface area contributed by atoms with E-state index in [2.05, 4.69) is 4.90 Å². The second kappa shape index (κ2) is 5.82. The van der Waals surface area contributed by atoms with Gasteiger partial charge in [0.15, 0.2) is 0 Å². The molecule has 0 rings (SSSR count). The number of hydrogen-bond donors (Lipinski definition) is 0. The molecule has 0 fully saturated rings. The normalized spacial score (nSPS) is 12.2. The molecule has 0 saturated carbocycles. The summed E-state index contributed by atoms with van der Waals surface area (Å²) in [6.45, 7) is 3.04. The molecule has 0 aliphatic heterocycles. The smallest absolute Gasteiger partial charge is 0.309 e. The molecule has 2 nitrogen and oxygen atoms in total. The number of rotatable bonds is 5. The maximum absolute atomic E-state index is 10.9. The summed E-state index contributed by atoms with van der Waals surface area (Å²) >= 11 is 0. The van der Waals surface area contributed by atoms with Gasteiger partial charge in [-0.15, -0.1) is 0 Å². The highest BCUT2D eigenvalue weighted by molar-refractivity contribution is 7.44. The molecule has 0 N–H and O–H groups in total.